The monoisotopic (exact) mass is 354 g/mol. The van der Waals surface area contributed by atoms with Gasteiger partial charge >= 0.3 is 12.2 Å². The molecule has 2 aromatic carbocycles. The SMILES string of the molecule is COc1cccc(OCCNC(=O)Nc2cccc(C(F)(F)F)c2)c1. The lowest BCUT2D eigenvalue weighted by Gasteiger charge is -2.11. The van der Waals surface area contributed by atoms with Crippen molar-refractivity contribution in [2.24, 2.45) is 0 Å². The van der Waals surface area contributed by atoms with Crippen molar-refractivity contribution in [3.63, 3.8) is 0 Å². The number of anilines is 1. The fraction of sp³-hybridized carbons (Fsp3) is 0.235. The number of ether oxygens (including phenoxy) is 2. The fourth-order valence-electron chi connectivity index (χ4n) is 1.97. The summed E-state index contributed by atoms with van der Waals surface area (Å²) in [5.74, 6) is 1.23. The van der Waals surface area contributed by atoms with Crippen LogP contribution in [0.2, 0.25) is 0 Å². The number of urea groups is 1. The summed E-state index contributed by atoms with van der Waals surface area (Å²) in [6.07, 6.45) is -4.46. The molecule has 0 aromatic heterocycles. The van der Waals surface area contributed by atoms with Gasteiger partial charge in [0.05, 0.1) is 19.2 Å². The predicted molar refractivity (Wildman–Crippen MR) is 87.0 cm³/mol. The first kappa shape index (κ1) is 18.4. The van der Waals surface area contributed by atoms with Crippen LogP contribution < -0.4 is 20.1 Å². The Bertz CT molecular complexity index is 720. The van der Waals surface area contributed by atoms with Gasteiger partial charge < -0.3 is 20.1 Å². The van der Waals surface area contributed by atoms with Gasteiger partial charge in [-0.3, -0.25) is 0 Å². The molecule has 134 valence electrons. The lowest BCUT2D eigenvalue weighted by molar-refractivity contribution is -0.137. The topological polar surface area (TPSA) is 59.6 Å². The molecule has 0 unspecified atom stereocenters. The number of hydrogen-bond donors (Lipinski definition) is 2. The van der Waals surface area contributed by atoms with Crippen LogP contribution in [0.25, 0.3) is 0 Å². The van der Waals surface area contributed by atoms with Crippen molar-refractivity contribution in [3.8, 4) is 11.5 Å². The van der Waals surface area contributed by atoms with E-state index in [2.05, 4.69) is 10.6 Å². The molecule has 2 N–H and O–H groups in total. The molecule has 0 fully saturated rings. The van der Waals surface area contributed by atoms with Gasteiger partial charge in [0.15, 0.2) is 0 Å². The molecule has 0 spiro atoms. The molecule has 2 rings (SSSR count). The Morgan fingerprint density at radius 1 is 1.08 bits per heavy atom. The molecule has 0 bridgehead atoms. The Balaban J connectivity index is 1.77. The first-order valence-corrected chi connectivity index (χ1v) is 7.37. The first-order chi connectivity index (χ1) is 11.9. The number of halogens is 3. The zero-order valence-corrected chi connectivity index (χ0v) is 13.4. The van der Waals surface area contributed by atoms with E-state index < -0.39 is 17.8 Å². The molecule has 5 nitrogen and oxygen atoms in total. The van der Waals surface area contributed by atoms with Crippen molar-refractivity contribution >= 4 is 11.7 Å². The van der Waals surface area contributed by atoms with Crippen LogP contribution in [0.1, 0.15) is 5.56 Å². The summed E-state index contributed by atoms with van der Waals surface area (Å²) >= 11 is 0. The minimum atomic E-state index is -4.46. The van der Waals surface area contributed by atoms with Gasteiger partial charge in [0.1, 0.15) is 18.1 Å². The summed E-state index contributed by atoms with van der Waals surface area (Å²) < 4.78 is 48.3. The molecule has 0 aliphatic rings. The standard InChI is InChI=1S/C17H17F3N2O3/c1-24-14-6-3-7-15(11-14)25-9-8-21-16(23)22-13-5-2-4-12(10-13)17(18,19)20/h2-7,10-11H,8-9H2,1H3,(H2,21,22,23). The summed E-state index contributed by atoms with van der Waals surface area (Å²) in [6, 6.07) is 10.8. The average Bonchev–Trinajstić information content (AvgIpc) is 2.58. The summed E-state index contributed by atoms with van der Waals surface area (Å²) in [5.41, 5.74) is -0.771. The van der Waals surface area contributed by atoms with E-state index >= 15 is 0 Å². The number of rotatable bonds is 6. The van der Waals surface area contributed by atoms with E-state index in [9.17, 15) is 18.0 Å². The second-order valence-electron chi connectivity index (χ2n) is 4.99. The highest BCUT2D eigenvalue weighted by Crippen LogP contribution is 2.30. The molecule has 0 aliphatic carbocycles. The lowest BCUT2D eigenvalue weighted by atomic mass is 10.2. The maximum atomic E-state index is 12.6. The Labute approximate surface area is 142 Å². The fourth-order valence-corrected chi connectivity index (χ4v) is 1.97. The van der Waals surface area contributed by atoms with Gasteiger partial charge in [0, 0.05) is 11.8 Å². The van der Waals surface area contributed by atoms with Crippen molar-refractivity contribution in [2.75, 3.05) is 25.6 Å². The second kappa shape index (κ2) is 8.27. The molecule has 0 saturated heterocycles. The molecule has 0 atom stereocenters. The van der Waals surface area contributed by atoms with Crippen molar-refractivity contribution in [1.29, 1.82) is 0 Å². The van der Waals surface area contributed by atoms with Gasteiger partial charge in [-0.2, -0.15) is 13.2 Å². The van der Waals surface area contributed by atoms with Gasteiger partial charge in [-0.15, -0.1) is 0 Å². The predicted octanol–water partition coefficient (Wildman–Crippen LogP) is 3.91. The molecule has 2 amide bonds. The number of alkyl halides is 3. The maximum absolute atomic E-state index is 12.6. The molecule has 0 radical (unpaired) electrons. The second-order valence-corrected chi connectivity index (χ2v) is 4.99. The van der Waals surface area contributed by atoms with Crippen LogP contribution in [0.3, 0.4) is 0 Å². The molecule has 8 heteroatoms. The molecule has 25 heavy (non-hydrogen) atoms. The Kier molecular flexibility index (Phi) is 6.10. The number of carbonyl (C=O) groups excluding carboxylic acids is 1. The van der Waals surface area contributed by atoms with Crippen LogP contribution >= 0.6 is 0 Å². The molecule has 2 aromatic rings. The highest BCUT2D eigenvalue weighted by atomic mass is 19.4. The number of amides is 2. The third-order valence-electron chi connectivity index (χ3n) is 3.15. The molecule has 0 aliphatic heterocycles. The Hall–Kier alpha value is -2.90. The number of nitrogens with one attached hydrogen (secondary N) is 2. The average molecular weight is 354 g/mol. The zero-order valence-electron chi connectivity index (χ0n) is 13.4. The highest BCUT2D eigenvalue weighted by molar-refractivity contribution is 5.89. The van der Waals surface area contributed by atoms with Crippen LogP contribution in [0.5, 0.6) is 11.5 Å². The van der Waals surface area contributed by atoms with Gasteiger partial charge in [-0.1, -0.05) is 12.1 Å². The third kappa shape index (κ3) is 5.91. The molecule has 0 heterocycles. The summed E-state index contributed by atoms with van der Waals surface area (Å²) in [6.45, 7) is 0.380. The van der Waals surface area contributed by atoms with Crippen LogP contribution in [0.4, 0.5) is 23.7 Å². The largest absolute Gasteiger partial charge is 0.497 e. The van der Waals surface area contributed by atoms with E-state index in [0.29, 0.717) is 11.5 Å². The van der Waals surface area contributed by atoms with E-state index in [-0.39, 0.29) is 18.8 Å². The van der Waals surface area contributed by atoms with E-state index in [1.807, 2.05) is 0 Å². The van der Waals surface area contributed by atoms with E-state index in [1.165, 1.54) is 12.1 Å². The van der Waals surface area contributed by atoms with Gasteiger partial charge in [0.25, 0.3) is 0 Å². The normalized spacial score (nSPS) is 10.9. The molecular formula is C17H17F3N2O3. The Morgan fingerprint density at radius 2 is 1.80 bits per heavy atom. The van der Waals surface area contributed by atoms with E-state index in [0.717, 1.165) is 12.1 Å². The van der Waals surface area contributed by atoms with Gasteiger partial charge in [-0.05, 0) is 30.3 Å². The van der Waals surface area contributed by atoms with E-state index in [4.69, 9.17) is 9.47 Å². The number of carbonyl (C=O) groups is 1. The quantitative estimate of drug-likeness (QED) is 0.773. The van der Waals surface area contributed by atoms with Crippen molar-refractivity contribution in [2.45, 2.75) is 6.18 Å². The van der Waals surface area contributed by atoms with Crippen molar-refractivity contribution < 1.29 is 27.4 Å². The molecular weight excluding hydrogens is 337 g/mol. The smallest absolute Gasteiger partial charge is 0.416 e. The Morgan fingerprint density at radius 3 is 2.52 bits per heavy atom. The maximum Gasteiger partial charge on any atom is 0.416 e. The first-order valence-electron chi connectivity index (χ1n) is 7.37. The van der Waals surface area contributed by atoms with Crippen LogP contribution in [0.15, 0.2) is 48.5 Å². The minimum Gasteiger partial charge on any atom is -0.497 e. The lowest BCUT2D eigenvalue weighted by Crippen LogP contribution is -2.32. The van der Waals surface area contributed by atoms with Crippen molar-refractivity contribution in [1.82, 2.24) is 5.32 Å². The van der Waals surface area contributed by atoms with Crippen LogP contribution in [-0.4, -0.2) is 26.3 Å². The summed E-state index contributed by atoms with van der Waals surface area (Å²) in [4.78, 5) is 11.7. The number of hydrogen-bond acceptors (Lipinski definition) is 3. The highest BCUT2D eigenvalue weighted by Gasteiger charge is 2.30. The number of benzene rings is 2. The van der Waals surface area contributed by atoms with Crippen LogP contribution in [-0.2, 0) is 6.18 Å². The van der Waals surface area contributed by atoms with Crippen LogP contribution in [0, 0.1) is 0 Å². The summed E-state index contributed by atoms with van der Waals surface area (Å²) in [7, 11) is 1.54. The van der Waals surface area contributed by atoms with Crippen molar-refractivity contribution in [3.05, 3.63) is 54.1 Å². The third-order valence-corrected chi connectivity index (χ3v) is 3.15. The zero-order chi connectivity index (χ0) is 18.3. The summed E-state index contributed by atoms with van der Waals surface area (Å²) in [5, 5.41) is 4.85. The number of methoxy groups -OCH3 is 1. The molecule has 0 saturated carbocycles. The van der Waals surface area contributed by atoms with Gasteiger partial charge in [-0.25, -0.2) is 4.79 Å². The van der Waals surface area contributed by atoms with Gasteiger partial charge in [0.2, 0.25) is 0 Å². The minimum absolute atomic E-state index is 0.0565. The van der Waals surface area contributed by atoms with E-state index in [1.54, 1.807) is 31.4 Å².